The van der Waals surface area contributed by atoms with E-state index in [0.29, 0.717) is 11.4 Å². The number of benzene rings is 2. The normalized spacial score (nSPS) is 10.9. The summed E-state index contributed by atoms with van der Waals surface area (Å²) >= 11 is 0. The van der Waals surface area contributed by atoms with Crippen LogP contribution in [0.5, 0.6) is 0 Å². The number of hydrogen-bond donors (Lipinski definition) is 0. The molecular weight excluding hydrogens is 332 g/mol. The first-order valence-electron chi connectivity index (χ1n) is 10.0. The van der Waals surface area contributed by atoms with Gasteiger partial charge in [-0.2, -0.15) is 0 Å². The van der Waals surface area contributed by atoms with E-state index in [1.165, 1.54) is 32.1 Å². The molecule has 0 fully saturated rings. The third-order valence-corrected chi connectivity index (χ3v) is 4.90. The Morgan fingerprint density at radius 1 is 0.852 bits per heavy atom. The number of imidazole rings is 1. The molecule has 0 amide bonds. The van der Waals surface area contributed by atoms with Crippen molar-refractivity contribution in [2.75, 3.05) is 0 Å². The van der Waals surface area contributed by atoms with Crippen LogP contribution in [-0.2, 0) is 6.54 Å². The van der Waals surface area contributed by atoms with Crippen LogP contribution in [0.4, 0.5) is 0 Å². The molecule has 1 heterocycles. The maximum absolute atomic E-state index is 13.0. The number of ketones is 1. The Labute approximate surface area is 162 Å². The Morgan fingerprint density at radius 3 is 2.19 bits per heavy atom. The standard InChI is InChI=1S/C24H28N2O/c1-2-3-4-5-6-13-18-26-22(20-14-9-7-10-15-20)19-25-24(26)23(27)21-16-11-8-12-17-21/h7-12,14-17,19H,2-6,13,18H2,1H3. The lowest BCUT2D eigenvalue weighted by Gasteiger charge is -2.12. The van der Waals surface area contributed by atoms with Crippen LogP contribution in [-0.4, -0.2) is 15.3 Å². The highest BCUT2D eigenvalue weighted by atomic mass is 16.1. The summed E-state index contributed by atoms with van der Waals surface area (Å²) in [4.78, 5) is 17.5. The molecule has 3 rings (SSSR count). The Hall–Kier alpha value is -2.68. The molecule has 140 valence electrons. The lowest BCUT2D eigenvalue weighted by molar-refractivity contribution is 0.102. The van der Waals surface area contributed by atoms with Crippen molar-refractivity contribution >= 4 is 5.78 Å². The molecule has 3 aromatic rings. The van der Waals surface area contributed by atoms with Crippen LogP contribution >= 0.6 is 0 Å². The second-order valence-electron chi connectivity index (χ2n) is 6.95. The topological polar surface area (TPSA) is 34.9 Å². The summed E-state index contributed by atoms with van der Waals surface area (Å²) in [6.07, 6.45) is 9.20. The van der Waals surface area contributed by atoms with Crippen LogP contribution in [0.1, 0.15) is 61.6 Å². The Kier molecular flexibility index (Phi) is 6.97. The van der Waals surface area contributed by atoms with Gasteiger partial charge in [0.1, 0.15) is 0 Å². The largest absolute Gasteiger partial charge is 0.321 e. The van der Waals surface area contributed by atoms with Crippen LogP contribution in [0.25, 0.3) is 11.3 Å². The molecule has 0 saturated heterocycles. The van der Waals surface area contributed by atoms with Gasteiger partial charge >= 0.3 is 0 Å². The van der Waals surface area contributed by atoms with E-state index < -0.39 is 0 Å². The molecule has 0 saturated carbocycles. The molecule has 2 aromatic carbocycles. The lowest BCUT2D eigenvalue weighted by Crippen LogP contribution is -2.13. The lowest BCUT2D eigenvalue weighted by atomic mass is 10.1. The Balaban J connectivity index is 1.82. The van der Waals surface area contributed by atoms with Crippen molar-refractivity contribution in [2.24, 2.45) is 0 Å². The van der Waals surface area contributed by atoms with Gasteiger partial charge < -0.3 is 4.57 Å². The second-order valence-corrected chi connectivity index (χ2v) is 6.95. The molecular formula is C24H28N2O. The quantitative estimate of drug-likeness (QED) is 0.321. The number of unbranched alkanes of at least 4 members (excludes halogenated alkanes) is 5. The van der Waals surface area contributed by atoms with Crippen molar-refractivity contribution in [3.05, 3.63) is 78.2 Å². The van der Waals surface area contributed by atoms with Crippen molar-refractivity contribution in [3.63, 3.8) is 0 Å². The molecule has 0 atom stereocenters. The van der Waals surface area contributed by atoms with Crippen LogP contribution in [0, 0.1) is 0 Å². The van der Waals surface area contributed by atoms with Gasteiger partial charge in [0.15, 0.2) is 5.82 Å². The van der Waals surface area contributed by atoms with E-state index in [1.807, 2.05) is 54.7 Å². The highest BCUT2D eigenvalue weighted by Crippen LogP contribution is 2.23. The van der Waals surface area contributed by atoms with E-state index in [-0.39, 0.29) is 5.78 Å². The minimum absolute atomic E-state index is 0.0104. The second kappa shape index (κ2) is 9.86. The van der Waals surface area contributed by atoms with Gasteiger partial charge in [0.05, 0.1) is 11.9 Å². The van der Waals surface area contributed by atoms with Crippen LogP contribution in [0.2, 0.25) is 0 Å². The average Bonchev–Trinajstić information content (AvgIpc) is 3.15. The summed E-state index contributed by atoms with van der Waals surface area (Å²) in [5.41, 5.74) is 2.80. The van der Waals surface area contributed by atoms with Crippen molar-refractivity contribution in [3.8, 4) is 11.3 Å². The van der Waals surface area contributed by atoms with E-state index in [4.69, 9.17) is 0 Å². The van der Waals surface area contributed by atoms with Gasteiger partial charge in [-0.25, -0.2) is 4.98 Å². The van der Waals surface area contributed by atoms with Gasteiger partial charge in [0.25, 0.3) is 0 Å². The molecule has 0 aliphatic carbocycles. The molecule has 27 heavy (non-hydrogen) atoms. The zero-order valence-electron chi connectivity index (χ0n) is 16.1. The molecule has 0 unspecified atom stereocenters. The number of carbonyl (C=O) groups is 1. The number of nitrogens with zero attached hydrogens (tertiary/aromatic N) is 2. The number of carbonyl (C=O) groups excluding carboxylic acids is 1. The highest BCUT2D eigenvalue weighted by Gasteiger charge is 2.19. The molecule has 0 aliphatic rings. The fourth-order valence-corrected chi connectivity index (χ4v) is 3.39. The maximum atomic E-state index is 13.0. The van der Waals surface area contributed by atoms with Gasteiger partial charge in [-0.15, -0.1) is 0 Å². The number of rotatable bonds is 10. The van der Waals surface area contributed by atoms with E-state index in [9.17, 15) is 4.79 Å². The zero-order chi connectivity index (χ0) is 18.9. The van der Waals surface area contributed by atoms with Gasteiger partial charge in [-0.3, -0.25) is 4.79 Å². The SMILES string of the molecule is CCCCCCCCn1c(-c2ccccc2)cnc1C(=O)c1ccccc1. The Bertz CT molecular complexity index is 837. The predicted octanol–water partition coefficient (Wildman–Crippen LogP) is 6.14. The van der Waals surface area contributed by atoms with E-state index in [0.717, 1.165) is 24.2 Å². The van der Waals surface area contributed by atoms with Crippen molar-refractivity contribution < 1.29 is 4.79 Å². The molecule has 0 bridgehead atoms. The summed E-state index contributed by atoms with van der Waals surface area (Å²) in [5.74, 6) is 0.525. The van der Waals surface area contributed by atoms with Gasteiger partial charge in [-0.1, -0.05) is 99.7 Å². The Morgan fingerprint density at radius 2 is 1.48 bits per heavy atom. The zero-order valence-corrected chi connectivity index (χ0v) is 16.1. The summed E-state index contributed by atoms with van der Waals surface area (Å²) in [6.45, 7) is 3.06. The number of aromatic nitrogens is 2. The molecule has 3 nitrogen and oxygen atoms in total. The van der Waals surface area contributed by atoms with Crippen LogP contribution in [0.3, 0.4) is 0 Å². The van der Waals surface area contributed by atoms with E-state index in [1.54, 1.807) is 0 Å². The predicted molar refractivity (Wildman–Crippen MR) is 111 cm³/mol. The molecule has 0 N–H and O–H groups in total. The molecule has 1 aromatic heterocycles. The first kappa shape index (κ1) is 19.1. The first-order chi connectivity index (χ1) is 13.3. The minimum Gasteiger partial charge on any atom is -0.321 e. The van der Waals surface area contributed by atoms with E-state index >= 15 is 0 Å². The molecule has 0 radical (unpaired) electrons. The molecule has 0 spiro atoms. The fraction of sp³-hybridized carbons (Fsp3) is 0.333. The summed E-state index contributed by atoms with van der Waals surface area (Å²) in [6, 6.07) is 19.6. The van der Waals surface area contributed by atoms with Crippen molar-refractivity contribution in [2.45, 2.75) is 52.0 Å². The summed E-state index contributed by atoms with van der Waals surface area (Å²) in [5, 5.41) is 0. The highest BCUT2D eigenvalue weighted by molar-refractivity contribution is 6.07. The van der Waals surface area contributed by atoms with E-state index in [2.05, 4.69) is 28.6 Å². The minimum atomic E-state index is -0.0104. The van der Waals surface area contributed by atoms with Gasteiger partial charge in [0.2, 0.25) is 5.78 Å². The smallest absolute Gasteiger partial charge is 0.228 e. The molecule has 3 heteroatoms. The van der Waals surface area contributed by atoms with Crippen molar-refractivity contribution in [1.82, 2.24) is 9.55 Å². The van der Waals surface area contributed by atoms with Crippen LogP contribution in [0.15, 0.2) is 66.9 Å². The first-order valence-corrected chi connectivity index (χ1v) is 10.0. The van der Waals surface area contributed by atoms with Gasteiger partial charge in [-0.05, 0) is 12.0 Å². The monoisotopic (exact) mass is 360 g/mol. The van der Waals surface area contributed by atoms with Crippen LogP contribution < -0.4 is 0 Å². The third-order valence-electron chi connectivity index (χ3n) is 4.90. The molecule has 0 aliphatic heterocycles. The number of hydrogen-bond acceptors (Lipinski definition) is 2. The summed E-state index contributed by atoms with van der Waals surface area (Å²) < 4.78 is 2.10. The fourth-order valence-electron chi connectivity index (χ4n) is 3.39. The third kappa shape index (κ3) is 4.94. The average molecular weight is 361 g/mol. The van der Waals surface area contributed by atoms with Crippen molar-refractivity contribution in [1.29, 1.82) is 0 Å². The summed E-state index contributed by atoms with van der Waals surface area (Å²) in [7, 11) is 0. The maximum Gasteiger partial charge on any atom is 0.228 e. The van der Waals surface area contributed by atoms with Gasteiger partial charge in [0, 0.05) is 12.1 Å².